The van der Waals surface area contributed by atoms with Gasteiger partial charge in [0.05, 0.1) is 16.8 Å². The highest BCUT2D eigenvalue weighted by Crippen LogP contribution is 2.45. The number of nitrogens with one attached hydrogen (secondary N) is 1. The van der Waals surface area contributed by atoms with Crippen LogP contribution in [0, 0.1) is 13.8 Å². The summed E-state index contributed by atoms with van der Waals surface area (Å²) in [4.78, 5) is 30.5. The topological polar surface area (TPSA) is 82.5 Å². The second-order valence-electron chi connectivity index (χ2n) is 6.78. The molecule has 2 amide bonds. The maximum Gasteiger partial charge on any atom is 0.407 e. The maximum atomic E-state index is 12.0. The summed E-state index contributed by atoms with van der Waals surface area (Å²) >= 11 is 3.01. The van der Waals surface area contributed by atoms with E-state index in [0.29, 0.717) is 24.5 Å². The van der Waals surface area contributed by atoms with Gasteiger partial charge in [0.1, 0.15) is 10.0 Å². The van der Waals surface area contributed by atoms with Crippen LogP contribution in [0.1, 0.15) is 21.6 Å². The Kier molecular flexibility index (Phi) is 4.68. The largest absolute Gasteiger partial charge is 0.465 e. The number of anilines is 1. The summed E-state index contributed by atoms with van der Waals surface area (Å²) in [5, 5.41) is 13.8. The number of carbonyl (C=O) groups excluding carboxylic acids is 1. The zero-order valence-electron chi connectivity index (χ0n) is 15.5. The summed E-state index contributed by atoms with van der Waals surface area (Å²) in [6.07, 6.45) is 0.908. The van der Waals surface area contributed by atoms with E-state index in [1.807, 2.05) is 0 Å². The van der Waals surface area contributed by atoms with Crippen molar-refractivity contribution in [2.45, 2.75) is 26.8 Å². The number of carboxylic acid groups (broad SMARTS) is 1. The van der Waals surface area contributed by atoms with Gasteiger partial charge in [0.25, 0.3) is 0 Å². The van der Waals surface area contributed by atoms with Crippen molar-refractivity contribution in [2.75, 3.05) is 11.9 Å². The minimum absolute atomic E-state index is 0.289. The average molecular weight is 414 g/mol. The lowest BCUT2D eigenvalue weighted by Crippen LogP contribution is -2.34. The van der Waals surface area contributed by atoms with E-state index in [0.717, 1.165) is 31.2 Å². The van der Waals surface area contributed by atoms with Gasteiger partial charge in [-0.15, -0.1) is 22.7 Å². The number of benzene rings is 1. The molecule has 2 N–H and O–H groups in total. The highest BCUT2D eigenvalue weighted by molar-refractivity contribution is 7.23. The number of aryl methyl sites for hydroxylation is 2. The van der Waals surface area contributed by atoms with E-state index in [2.05, 4.69) is 37.9 Å². The zero-order chi connectivity index (χ0) is 20.0. The van der Waals surface area contributed by atoms with Gasteiger partial charge in [-0.3, -0.25) is 4.79 Å². The van der Waals surface area contributed by atoms with Crippen LogP contribution < -0.4 is 5.32 Å². The molecule has 1 aromatic carbocycles. The van der Waals surface area contributed by atoms with Gasteiger partial charge in [-0.1, -0.05) is 6.58 Å². The van der Waals surface area contributed by atoms with Crippen LogP contribution >= 0.6 is 22.7 Å². The molecule has 0 spiro atoms. The number of carbonyl (C=O) groups is 2. The summed E-state index contributed by atoms with van der Waals surface area (Å²) in [5.74, 6) is -0.289. The van der Waals surface area contributed by atoms with Crippen LogP contribution in [-0.4, -0.2) is 33.5 Å². The molecule has 0 fully saturated rings. The Morgan fingerprint density at radius 3 is 2.75 bits per heavy atom. The number of nitrogens with zero attached hydrogens (tertiary/aromatic N) is 2. The molecule has 0 saturated heterocycles. The molecule has 3 heterocycles. The number of hydrogen-bond donors (Lipinski definition) is 2. The molecular formula is C20H19N3O3S2. The molecule has 6 nitrogen and oxygen atoms in total. The lowest BCUT2D eigenvalue weighted by Gasteiger charge is -2.24. The molecule has 0 radical (unpaired) electrons. The van der Waals surface area contributed by atoms with Crippen molar-refractivity contribution in [1.29, 1.82) is 0 Å². The van der Waals surface area contributed by atoms with Crippen LogP contribution in [0.3, 0.4) is 0 Å². The van der Waals surface area contributed by atoms with E-state index in [4.69, 9.17) is 4.98 Å². The molecule has 1 aliphatic heterocycles. The summed E-state index contributed by atoms with van der Waals surface area (Å²) in [5.41, 5.74) is 5.33. The third-order valence-corrected chi connectivity index (χ3v) is 7.14. The van der Waals surface area contributed by atoms with Crippen molar-refractivity contribution in [2.24, 2.45) is 0 Å². The molecule has 0 saturated carbocycles. The number of hydrogen-bond acceptors (Lipinski definition) is 5. The summed E-state index contributed by atoms with van der Waals surface area (Å²) in [6.45, 7) is 8.43. The fourth-order valence-electron chi connectivity index (χ4n) is 3.33. The predicted molar refractivity (Wildman–Crippen MR) is 113 cm³/mol. The van der Waals surface area contributed by atoms with Crippen LogP contribution in [0.15, 0.2) is 24.8 Å². The number of fused-ring (bicyclic) bond motifs is 2. The van der Waals surface area contributed by atoms with Gasteiger partial charge >= 0.3 is 6.09 Å². The van der Waals surface area contributed by atoms with Crippen LogP contribution in [0.5, 0.6) is 0 Å². The second kappa shape index (κ2) is 7.03. The van der Waals surface area contributed by atoms with E-state index in [-0.39, 0.29) is 5.91 Å². The van der Waals surface area contributed by atoms with E-state index < -0.39 is 6.09 Å². The quantitative estimate of drug-likeness (QED) is 0.604. The van der Waals surface area contributed by atoms with Crippen molar-refractivity contribution in [3.05, 3.63) is 46.4 Å². The Bertz CT molecular complexity index is 1090. The van der Waals surface area contributed by atoms with Gasteiger partial charge in [0.2, 0.25) is 5.91 Å². The SMILES string of the molecule is C=CC(=O)Nc1sc2c(c1-c1nc3cc(C)c(C)cc3s1)CCN(C(=O)O)C2. The molecule has 0 unspecified atom stereocenters. The van der Waals surface area contributed by atoms with Gasteiger partial charge in [0, 0.05) is 17.0 Å². The number of rotatable bonds is 3. The fourth-order valence-corrected chi connectivity index (χ4v) is 5.79. The third kappa shape index (κ3) is 3.18. The van der Waals surface area contributed by atoms with Gasteiger partial charge < -0.3 is 15.3 Å². The lowest BCUT2D eigenvalue weighted by atomic mass is 10.0. The second-order valence-corrected chi connectivity index (χ2v) is 8.91. The molecule has 28 heavy (non-hydrogen) atoms. The molecule has 144 valence electrons. The van der Waals surface area contributed by atoms with Gasteiger partial charge in [-0.2, -0.15) is 0 Å². The molecule has 0 atom stereocenters. The Labute approximate surface area is 170 Å². The molecule has 2 aromatic heterocycles. The first-order valence-electron chi connectivity index (χ1n) is 8.81. The van der Waals surface area contributed by atoms with E-state index in [9.17, 15) is 14.7 Å². The summed E-state index contributed by atoms with van der Waals surface area (Å²) < 4.78 is 1.10. The smallest absolute Gasteiger partial charge is 0.407 e. The van der Waals surface area contributed by atoms with E-state index in [1.165, 1.54) is 33.4 Å². The van der Waals surface area contributed by atoms with Gasteiger partial charge in [-0.05, 0) is 55.2 Å². The number of amides is 2. The third-order valence-electron chi connectivity index (χ3n) is 4.97. The van der Waals surface area contributed by atoms with Gasteiger partial charge in [0.15, 0.2) is 0 Å². The van der Waals surface area contributed by atoms with Crippen molar-refractivity contribution >= 4 is 49.9 Å². The molecule has 4 rings (SSSR count). The Morgan fingerprint density at radius 1 is 1.29 bits per heavy atom. The summed E-state index contributed by atoms with van der Waals surface area (Å²) in [6, 6.07) is 4.22. The molecule has 1 aliphatic rings. The van der Waals surface area contributed by atoms with Crippen LogP contribution in [0.4, 0.5) is 9.80 Å². The molecule has 3 aromatic rings. The number of aromatic nitrogens is 1. The highest BCUT2D eigenvalue weighted by atomic mass is 32.1. The average Bonchev–Trinajstić information content (AvgIpc) is 3.21. The van der Waals surface area contributed by atoms with Crippen molar-refractivity contribution in [3.8, 4) is 10.6 Å². The first kappa shape index (κ1) is 18.6. The molecular weight excluding hydrogens is 394 g/mol. The first-order valence-corrected chi connectivity index (χ1v) is 10.4. The Hall–Kier alpha value is -2.71. The van der Waals surface area contributed by atoms with E-state index >= 15 is 0 Å². The lowest BCUT2D eigenvalue weighted by molar-refractivity contribution is -0.111. The monoisotopic (exact) mass is 413 g/mol. The minimum atomic E-state index is -0.928. The first-order chi connectivity index (χ1) is 13.4. The molecule has 0 bridgehead atoms. The minimum Gasteiger partial charge on any atom is -0.465 e. The molecule has 0 aliphatic carbocycles. The highest BCUT2D eigenvalue weighted by Gasteiger charge is 2.29. The molecule has 8 heteroatoms. The number of thiophene rings is 1. The Morgan fingerprint density at radius 2 is 2.04 bits per heavy atom. The normalized spacial score (nSPS) is 13.4. The number of thiazole rings is 1. The zero-order valence-corrected chi connectivity index (χ0v) is 17.2. The van der Waals surface area contributed by atoms with Crippen molar-refractivity contribution in [1.82, 2.24) is 9.88 Å². The predicted octanol–water partition coefficient (Wildman–Crippen LogP) is 4.80. The fraction of sp³-hybridized carbons (Fsp3) is 0.250. The van der Waals surface area contributed by atoms with Crippen molar-refractivity contribution in [3.63, 3.8) is 0 Å². The van der Waals surface area contributed by atoms with Crippen molar-refractivity contribution < 1.29 is 14.7 Å². The Balaban J connectivity index is 1.86. The van der Waals surface area contributed by atoms with Crippen LogP contribution in [0.25, 0.3) is 20.8 Å². The maximum absolute atomic E-state index is 12.0. The van der Waals surface area contributed by atoms with E-state index in [1.54, 1.807) is 11.3 Å². The van der Waals surface area contributed by atoms with Gasteiger partial charge in [-0.25, -0.2) is 9.78 Å². The van der Waals surface area contributed by atoms with Crippen LogP contribution in [-0.2, 0) is 17.8 Å². The van der Waals surface area contributed by atoms with Crippen LogP contribution in [0.2, 0.25) is 0 Å². The summed E-state index contributed by atoms with van der Waals surface area (Å²) in [7, 11) is 0. The standard InChI is InChI=1S/C20H19N3O3S2/c1-4-16(24)22-19-17(12-5-6-23(20(25)26)9-15(12)28-19)18-21-13-7-10(2)11(3)8-14(13)27-18/h4,7-8H,1,5-6,9H2,2-3H3,(H,22,24)(H,25,26).